The fourth-order valence-electron chi connectivity index (χ4n) is 3.83. The summed E-state index contributed by atoms with van der Waals surface area (Å²) in [6.45, 7) is 8.73. The molecule has 1 N–H and O–H groups in total. The summed E-state index contributed by atoms with van der Waals surface area (Å²) in [7, 11) is 0. The summed E-state index contributed by atoms with van der Waals surface area (Å²) in [5, 5.41) is 10.2. The molecule has 16 heavy (non-hydrogen) atoms. The van der Waals surface area contributed by atoms with Gasteiger partial charge in [-0.3, -0.25) is 0 Å². The Labute approximate surface area is 99.9 Å². The SMILES string of the molecule is C[C@@H]1C=CC[C@]2(C)CC[C@@H](C(C)(C)O)C[C@@H]12. The van der Waals surface area contributed by atoms with Crippen LogP contribution in [0.3, 0.4) is 0 Å². The normalized spacial score (nSPS) is 44.2. The number of fused-ring (bicyclic) bond motifs is 1. The second-order valence-electron chi connectivity index (χ2n) is 6.88. The molecule has 1 heteroatoms. The fourth-order valence-corrected chi connectivity index (χ4v) is 3.83. The van der Waals surface area contributed by atoms with E-state index in [1.165, 1.54) is 25.7 Å². The number of allylic oxidation sites excluding steroid dienone is 2. The summed E-state index contributed by atoms with van der Waals surface area (Å²) in [6.07, 6.45) is 9.65. The third-order valence-corrected chi connectivity index (χ3v) is 5.16. The highest BCUT2D eigenvalue weighted by Gasteiger charge is 2.45. The largest absolute Gasteiger partial charge is 0.390 e. The lowest BCUT2D eigenvalue weighted by Gasteiger charge is -2.50. The average Bonchev–Trinajstić information content (AvgIpc) is 2.15. The maximum atomic E-state index is 10.2. The van der Waals surface area contributed by atoms with Gasteiger partial charge in [0, 0.05) is 0 Å². The quantitative estimate of drug-likeness (QED) is 0.669. The molecule has 0 heterocycles. The van der Waals surface area contributed by atoms with Crippen molar-refractivity contribution in [2.75, 3.05) is 0 Å². The summed E-state index contributed by atoms with van der Waals surface area (Å²) >= 11 is 0. The molecule has 0 saturated heterocycles. The highest BCUT2D eigenvalue weighted by Crippen LogP contribution is 2.53. The van der Waals surface area contributed by atoms with Crippen LogP contribution in [0.5, 0.6) is 0 Å². The van der Waals surface area contributed by atoms with Gasteiger partial charge in [-0.25, -0.2) is 0 Å². The van der Waals surface area contributed by atoms with Gasteiger partial charge >= 0.3 is 0 Å². The van der Waals surface area contributed by atoms with E-state index in [-0.39, 0.29) is 0 Å². The van der Waals surface area contributed by atoms with Gasteiger partial charge in [-0.2, -0.15) is 0 Å². The number of hydrogen-bond donors (Lipinski definition) is 1. The van der Waals surface area contributed by atoms with Gasteiger partial charge < -0.3 is 5.11 Å². The Morgan fingerprint density at radius 2 is 2.06 bits per heavy atom. The van der Waals surface area contributed by atoms with Crippen LogP contribution in [0.4, 0.5) is 0 Å². The fraction of sp³-hybridized carbons (Fsp3) is 0.867. The first-order valence-electron chi connectivity index (χ1n) is 6.72. The first kappa shape index (κ1) is 12.2. The Morgan fingerprint density at radius 3 is 2.69 bits per heavy atom. The van der Waals surface area contributed by atoms with E-state index in [9.17, 15) is 5.11 Å². The van der Waals surface area contributed by atoms with Crippen LogP contribution in [-0.2, 0) is 0 Å². The Balaban J connectivity index is 2.16. The Morgan fingerprint density at radius 1 is 1.38 bits per heavy atom. The molecule has 2 aliphatic carbocycles. The van der Waals surface area contributed by atoms with Gasteiger partial charge in [-0.1, -0.05) is 26.0 Å². The van der Waals surface area contributed by atoms with Gasteiger partial charge in [0.2, 0.25) is 0 Å². The predicted molar refractivity (Wildman–Crippen MR) is 68.2 cm³/mol. The molecule has 0 aromatic rings. The van der Waals surface area contributed by atoms with Crippen LogP contribution in [0.15, 0.2) is 12.2 Å². The van der Waals surface area contributed by atoms with Crippen LogP contribution >= 0.6 is 0 Å². The standard InChI is InChI=1S/C15H26O/c1-11-6-5-8-15(4)9-7-12(10-13(11)15)14(2,3)16/h5-6,11-13,16H,7-10H2,1-4H3/t11-,12-,13+,15-/m1/s1. The number of aliphatic hydroxyl groups is 1. The molecule has 0 spiro atoms. The van der Waals surface area contributed by atoms with Crippen LogP contribution < -0.4 is 0 Å². The molecule has 92 valence electrons. The molecule has 0 aromatic carbocycles. The third-order valence-electron chi connectivity index (χ3n) is 5.16. The Hall–Kier alpha value is -0.300. The molecular formula is C15H26O. The molecule has 0 bridgehead atoms. The number of rotatable bonds is 1. The van der Waals surface area contributed by atoms with E-state index < -0.39 is 5.60 Å². The minimum absolute atomic E-state index is 0.486. The second-order valence-corrected chi connectivity index (χ2v) is 6.88. The minimum Gasteiger partial charge on any atom is -0.390 e. The third kappa shape index (κ3) is 2.07. The van der Waals surface area contributed by atoms with E-state index >= 15 is 0 Å². The smallest absolute Gasteiger partial charge is 0.0619 e. The monoisotopic (exact) mass is 222 g/mol. The first-order valence-corrected chi connectivity index (χ1v) is 6.72. The van der Waals surface area contributed by atoms with Crippen molar-refractivity contribution < 1.29 is 5.11 Å². The summed E-state index contributed by atoms with van der Waals surface area (Å²) < 4.78 is 0. The second kappa shape index (κ2) is 3.87. The van der Waals surface area contributed by atoms with E-state index in [2.05, 4.69) is 26.0 Å². The van der Waals surface area contributed by atoms with E-state index in [0.717, 1.165) is 5.92 Å². The van der Waals surface area contributed by atoms with Crippen molar-refractivity contribution in [2.45, 2.75) is 59.0 Å². The van der Waals surface area contributed by atoms with Crippen molar-refractivity contribution in [1.82, 2.24) is 0 Å². The molecule has 4 atom stereocenters. The van der Waals surface area contributed by atoms with Gasteiger partial charge in [0.25, 0.3) is 0 Å². The van der Waals surface area contributed by atoms with Crippen LogP contribution in [0, 0.1) is 23.2 Å². The summed E-state index contributed by atoms with van der Waals surface area (Å²) in [5.74, 6) is 1.94. The van der Waals surface area contributed by atoms with Gasteiger partial charge in [0.05, 0.1) is 5.60 Å². The average molecular weight is 222 g/mol. The van der Waals surface area contributed by atoms with Crippen molar-refractivity contribution in [2.24, 2.45) is 23.2 Å². The van der Waals surface area contributed by atoms with Crippen LogP contribution in [0.2, 0.25) is 0 Å². The van der Waals surface area contributed by atoms with Crippen molar-refractivity contribution in [3.8, 4) is 0 Å². The molecule has 0 aromatic heterocycles. The van der Waals surface area contributed by atoms with Crippen LogP contribution in [-0.4, -0.2) is 10.7 Å². The van der Waals surface area contributed by atoms with Crippen molar-refractivity contribution in [1.29, 1.82) is 0 Å². The van der Waals surface area contributed by atoms with Crippen molar-refractivity contribution in [3.05, 3.63) is 12.2 Å². The van der Waals surface area contributed by atoms with Gasteiger partial charge in [0.15, 0.2) is 0 Å². The maximum absolute atomic E-state index is 10.2. The summed E-state index contributed by atoms with van der Waals surface area (Å²) in [4.78, 5) is 0. The van der Waals surface area contributed by atoms with Crippen molar-refractivity contribution in [3.63, 3.8) is 0 Å². The molecule has 2 aliphatic rings. The first-order chi connectivity index (χ1) is 7.33. The highest BCUT2D eigenvalue weighted by atomic mass is 16.3. The van der Waals surface area contributed by atoms with E-state index in [1.54, 1.807) is 0 Å². The van der Waals surface area contributed by atoms with E-state index in [1.807, 2.05) is 13.8 Å². The summed E-state index contributed by atoms with van der Waals surface area (Å²) in [5.41, 5.74) is -0.00186. The molecule has 1 fully saturated rings. The Bertz CT molecular complexity index is 286. The molecular weight excluding hydrogens is 196 g/mol. The highest BCUT2D eigenvalue weighted by molar-refractivity contribution is 5.07. The summed E-state index contributed by atoms with van der Waals surface area (Å²) in [6, 6.07) is 0. The lowest BCUT2D eigenvalue weighted by atomic mass is 9.55. The van der Waals surface area contributed by atoms with E-state index in [4.69, 9.17) is 0 Å². The zero-order chi connectivity index (χ0) is 12.0. The molecule has 0 unspecified atom stereocenters. The van der Waals surface area contributed by atoms with Crippen LogP contribution in [0.1, 0.15) is 53.4 Å². The lowest BCUT2D eigenvalue weighted by molar-refractivity contribution is -0.0509. The predicted octanol–water partition coefficient (Wildman–Crippen LogP) is 3.78. The van der Waals surface area contributed by atoms with Gasteiger partial charge in [-0.15, -0.1) is 0 Å². The minimum atomic E-state index is -0.498. The van der Waals surface area contributed by atoms with Gasteiger partial charge in [0.1, 0.15) is 0 Å². The lowest BCUT2D eigenvalue weighted by Crippen LogP contribution is -2.44. The maximum Gasteiger partial charge on any atom is 0.0619 e. The molecule has 1 saturated carbocycles. The van der Waals surface area contributed by atoms with Crippen molar-refractivity contribution >= 4 is 0 Å². The van der Waals surface area contributed by atoms with Gasteiger partial charge in [-0.05, 0) is 62.7 Å². The molecule has 0 amide bonds. The molecule has 2 rings (SSSR count). The zero-order valence-electron chi connectivity index (χ0n) is 11.2. The zero-order valence-corrected chi connectivity index (χ0v) is 11.2. The number of hydrogen-bond acceptors (Lipinski definition) is 1. The molecule has 0 radical (unpaired) electrons. The topological polar surface area (TPSA) is 20.2 Å². The molecule has 1 nitrogen and oxygen atoms in total. The molecule has 0 aliphatic heterocycles. The Kier molecular flexibility index (Phi) is 2.94. The van der Waals surface area contributed by atoms with E-state index in [0.29, 0.717) is 17.3 Å². The van der Waals surface area contributed by atoms with Crippen LogP contribution in [0.25, 0.3) is 0 Å².